The van der Waals surface area contributed by atoms with Crippen LogP contribution in [0.5, 0.6) is 0 Å². The minimum absolute atomic E-state index is 0.168. The molecule has 0 aliphatic carbocycles. The summed E-state index contributed by atoms with van der Waals surface area (Å²) >= 11 is 5.90. The number of sulfone groups is 1. The Morgan fingerprint density at radius 1 is 1.22 bits per heavy atom. The molecule has 3 aromatic rings. The van der Waals surface area contributed by atoms with Gasteiger partial charge in [0.1, 0.15) is 12.2 Å². The van der Waals surface area contributed by atoms with Crippen LogP contribution in [0.1, 0.15) is 29.1 Å². The van der Waals surface area contributed by atoms with Crippen molar-refractivity contribution in [2.24, 2.45) is 0 Å². The number of nitrogens with zero attached hydrogens (tertiary/aromatic N) is 3. The van der Waals surface area contributed by atoms with Crippen LogP contribution in [-0.4, -0.2) is 40.7 Å². The van der Waals surface area contributed by atoms with E-state index < -0.39 is 21.8 Å². The highest BCUT2D eigenvalue weighted by atomic mass is 35.5. The number of pyridine rings is 1. The molecule has 0 saturated heterocycles. The van der Waals surface area contributed by atoms with Gasteiger partial charge in [0.25, 0.3) is 5.91 Å². The Balaban J connectivity index is 2.00. The fourth-order valence-corrected chi connectivity index (χ4v) is 3.10. The van der Waals surface area contributed by atoms with Gasteiger partial charge in [0.2, 0.25) is 0 Å². The molecule has 8 nitrogen and oxygen atoms in total. The number of halogens is 1. The molecule has 140 valence electrons. The summed E-state index contributed by atoms with van der Waals surface area (Å²) in [5.41, 5.74) is 1.16. The van der Waals surface area contributed by atoms with Gasteiger partial charge in [-0.2, -0.15) is 5.10 Å². The third kappa shape index (κ3) is 4.50. The van der Waals surface area contributed by atoms with Crippen LogP contribution in [0.2, 0.25) is 5.02 Å². The van der Waals surface area contributed by atoms with E-state index in [1.54, 1.807) is 31.2 Å². The van der Waals surface area contributed by atoms with E-state index in [0.29, 0.717) is 22.1 Å². The number of aromatic nitrogens is 4. The molecule has 2 heterocycles. The Kier molecular flexibility index (Phi) is 5.24. The van der Waals surface area contributed by atoms with E-state index in [2.05, 4.69) is 25.5 Å². The first-order valence-corrected chi connectivity index (χ1v) is 10.1. The standard InChI is InChI=1S/C17H16ClN5O3S/c1-10(16-19-9-20-23-16)21-17(24)12-7-14(11-3-5-13(18)6-4-11)22-15(8-12)27(2,25)26/h3-10H,1-2H3,(H,21,24)(H,19,20,23)/t10-/m0/s1. The van der Waals surface area contributed by atoms with E-state index in [1.807, 2.05) is 0 Å². The van der Waals surface area contributed by atoms with Crippen LogP contribution >= 0.6 is 11.6 Å². The van der Waals surface area contributed by atoms with E-state index in [1.165, 1.54) is 18.5 Å². The second-order valence-electron chi connectivity index (χ2n) is 5.92. The molecule has 1 atom stereocenters. The summed E-state index contributed by atoms with van der Waals surface area (Å²) in [4.78, 5) is 20.8. The lowest BCUT2D eigenvalue weighted by molar-refractivity contribution is 0.0938. The number of rotatable bonds is 5. The van der Waals surface area contributed by atoms with E-state index in [4.69, 9.17) is 11.6 Å². The molecule has 0 fully saturated rings. The zero-order chi connectivity index (χ0) is 19.6. The van der Waals surface area contributed by atoms with E-state index in [9.17, 15) is 13.2 Å². The van der Waals surface area contributed by atoms with Gasteiger partial charge in [0.15, 0.2) is 14.9 Å². The third-order valence-electron chi connectivity index (χ3n) is 3.78. The van der Waals surface area contributed by atoms with Gasteiger partial charge in [-0.3, -0.25) is 9.89 Å². The number of nitrogens with one attached hydrogen (secondary N) is 2. The smallest absolute Gasteiger partial charge is 0.252 e. The monoisotopic (exact) mass is 405 g/mol. The lowest BCUT2D eigenvalue weighted by atomic mass is 10.1. The fourth-order valence-electron chi connectivity index (χ4n) is 2.37. The van der Waals surface area contributed by atoms with Crippen LogP contribution in [0.25, 0.3) is 11.3 Å². The number of carbonyl (C=O) groups is 1. The molecule has 0 unspecified atom stereocenters. The molecule has 1 amide bonds. The highest BCUT2D eigenvalue weighted by Gasteiger charge is 2.19. The lowest BCUT2D eigenvalue weighted by Gasteiger charge is -2.13. The van der Waals surface area contributed by atoms with Crippen molar-refractivity contribution in [3.63, 3.8) is 0 Å². The van der Waals surface area contributed by atoms with Crippen LogP contribution in [0.15, 0.2) is 47.8 Å². The molecular formula is C17H16ClN5O3S. The van der Waals surface area contributed by atoms with Crippen LogP contribution in [0, 0.1) is 0 Å². The summed E-state index contributed by atoms with van der Waals surface area (Å²) in [7, 11) is -3.61. The Hall–Kier alpha value is -2.78. The Morgan fingerprint density at radius 3 is 2.52 bits per heavy atom. The van der Waals surface area contributed by atoms with E-state index in [-0.39, 0.29) is 10.6 Å². The highest BCUT2D eigenvalue weighted by molar-refractivity contribution is 7.90. The van der Waals surface area contributed by atoms with Crippen LogP contribution in [-0.2, 0) is 9.84 Å². The summed E-state index contributed by atoms with van der Waals surface area (Å²) < 4.78 is 24.0. The molecule has 2 N–H and O–H groups in total. The summed E-state index contributed by atoms with van der Waals surface area (Å²) in [6.07, 6.45) is 2.38. The van der Waals surface area contributed by atoms with Crippen molar-refractivity contribution in [3.05, 3.63) is 59.1 Å². The Labute approximate surface area is 160 Å². The molecule has 1 aromatic carbocycles. The van der Waals surface area contributed by atoms with Crippen LogP contribution in [0.4, 0.5) is 0 Å². The average Bonchev–Trinajstić information content (AvgIpc) is 3.16. The second kappa shape index (κ2) is 7.45. The predicted molar refractivity (Wildman–Crippen MR) is 100 cm³/mol. The average molecular weight is 406 g/mol. The zero-order valence-corrected chi connectivity index (χ0v) is 16.0. The van der Waals surface area contributed by atoms with Crippen molar-refractivity contribution in [2.75, 3.05) is 6.26 Å². The SMILES string of the molecule is C[C@H](NC(=O)c1cc(-c2ccc(Cl)cc2)nc(S(C)(=O)=O)c1)c1ncn[nH]1. The van der Waals surface area contributed by atoms with Crippen LogP contribution < -0.4 is 5.32 Å². The summed E-state index contributed by atoms with van der Waals surface area (Å²) in [6, 6.07) is 9.08. The molecule has 3 rings (SSSR count). The Morgan fingerprint density at radius 2 is 1.93 bits per heavy atom. The summed E-state index contributed by atoms with van der Waals surface area (Å²) in [6.45, 7) is 1.73. The topological polar surface area (TPSA) is 118 Å². The Bertz CT molecular complexity index is 1070. The number of hydrogen-bond acceptors (Lipinski definition) is 6. The zero-order valence-electron chi connectivity index (χ0n) is 14.5. The number of H-pyrrole nitrogens is 1. The molecule has 10 heteroatoms. The quantitative estimate of drug-likeness (QED) is 0.673. The van der Waals surface area contributed by atoms with Crippen molar-refractivity contribution >= 4 is 27.3 Å². The van der Waals surface area contributed by atoms with E-state index >= 15 is 0 Å². The summed E-state index contributed by atoms with van der Waals surface area (Å²) in [5.74, 6) is 0.0279. The van der Waals surface area contributed by atoms with Gasteiger partial charge in [-0.25, -0.2) is 18.4 Å². The third-order valence-corrected chi connectivity index (χ3v) is 5.00. The molecule has 0 bridgehead atoms. The normalized spacial score (nSPS) is 12.6. The second-order valence-corrected chi connectivity index (χ2v) is 8.32. The van der Waals surface area contributed by atoms with Gasteiger partial charge in [-0.1, -0.05) is 23.7 Å². The summed E-state index contributed by atoms with van der Waals surface area (Å²) in [5, 5.41) is 9.52. The van der Waals surface area contributed by atoms with Gasteiger partial charge in [0, 0.05) is 22.4 Å². The molecular weight excluding hydrogens is 390 g/mol. The molecule has 0 saturated carbocycles. The van der Waals surface area contributed by atoms with Gasteiger partial charge < -0.3 is 5.32 Å². The van der Waals surface area contributed by atoms with Crippen LogP contribution in [0.3, 0.4) is 0 Å². The first-order chi connectivity index (χ1) is 12.7. The molecule has 27 heavy (non-hydrogen) atoms. The molecule has 0 aliphatic heterocycles. The maximum atomic E-state index is 12.7. The maximum absolute atomic E-state index is 12.7. The van der Waals surface area contributed by atoms with Gasteiger partial charge in [0.05, 0.1) is 11.7 Å². The van der Waals surface area contributed by atoms with Crippen molar-refractivity contribution < 1.29 is 13.2 Å². The minimum atomic E-state index is -3.61. The van der Waals surface area contributed by atoms with Crippen molar-refractivity contribution in [3.8, 4) is 11.3 Å². The van der Waals surface area contributed by atoms with Gasteiger partial charge in [-0.15, -0.1) is 0 Å². The number of aromatic amines is 1. The predicted octanol–water partition coefficient (Wildman–Crippen LogP) is 2.41. The minimum Gasteiger partial charge on any atom is -0.342 e. The fraction of sp³-hybridized carbons (Fsp3) is 0.176. The molecule has 0 radical (unpaired) electrons. The van der Waals surface area contributed by atoms with E-state index in [0.717, 1.165) is 6.26 Å². The molecule has 2 aromatic heterocycles. The van der Waals surface area contributed by atoms with Crippen molar-refractivity contribution in [1.29, 1.82) is 0 Å². The number of carbonyl (C=O) groups excluding carboxylic acids is 1. The van der Waals surface area contributed by atoms with Gasteiger partial charge in [-0.05, 0) is 31.2 Å². The number of amides is 1. The largest absolute Gasteiger partial charge is 0.342 e. The molecule has 0 spiro atoms. The highest BCUT2D eigenvalue weighted by Crippen LogP contribution is 2.23. The maximum Gasteiger partial charge on any atom is 0.252 e. The number of benzene rings is 1. The molecule has 0 aliphatic rings. The van der Waals surface area contributed by atoms with Crippen molar-refractivity contribution in [2.45, 2.75) is 18.0 Å². The lowest BCUT2D eigenvalue weighted by Crippen LogP contribution is -2.27. The van der Waals surface area contributed by atoms with Crippen molar-refractivity contribution in [1.82, 2.24) is 25.5 Å². The first kappa shape index (κ1) is 19.0. The first-order valence-electron chi connectivity index (χ1n) is 7.88. The number of hydrogen-bond donors (Lipinski definition) is 2. The van der Waals surface area contributed by atoms with Gasteiger partial charge >= 0.3 is 0 Å².